The highest BCUT2D eigenvalue weighted by Crippen LogP contribution is 2.28. The van der Waals surface area contributed by atoms with Gasteiger partial charge in [0.2, 0.25) is 0 Å². The van der Waals surface area contributed by atoms with E-state index in [1.165, 1.54) is 11.3 Å². The van der Waals surface area contributed by atoms with E-state index in [4.69, 9.17) is 0 Å². The summed E-state index contributed by atoms with van der Waals surface area (Å²) in [5.74, 6) is 0.0639. The van der Waals surface area contributed by atoms with Crippen LogP contribution in [0.15, 0.2) is 17.8 Å². The van der Waals surface area contributed by atoms with Gasteiger partial charge in [-0.2, -0.15) is 5.10 Å². The van der Waals surface area contributed by atoms with E-state index in [1.807, 2.05) is 18.6 Å². The summed E-state index contributed by atoms with van der Waals surface area (Å²) in [5.41, 5.74) is 1.59. The fraction of sp³-hybridized carbons (Fsp3) is 0.571. The van der Waals surface area contributed by atoms with Gasteiger partial charge in [0.05, 0.1) is 22.9 Å². The van der Waals surface area contributed by atoms with E-state index in [0.29, 0.717) is 5.69 Å². The van der Waals surface area contributed by atoms with Crippen LogP contribution in [0.3, 0.4) is 0 Å². The first-order valence-electron chi connectivity index (χ1n) is 7.19. The standard InChI is InChI=1S/C14H19N3O2S2/c1-17-8-11(7-15-17)14-16-12(9-20-14)10-21(18,19)13-5-3-2-4-6-13/h7-9,13H,2-6,10H2,1H3. The molecule has 0 atom stereocenters. The predicted octanol–water partition coefficient (Wildman–Crippen LogP) is 2.79. The van der Waals surface area contributed by atoms with Crippen LogP contribution in [0, 0.1) is 0 Å². The molecule has 0 N–H and O–H groups in total. The topological polar surface area (TPSA) is 64.8 Å². The molecule has 1 fully saturated rings. The second-order valence-corrected chi connectivity index (χ2v) is 8.75. The van der Waals surface area contributed by atoms with Crippen molar-refractivity contribution in [3.63, 3.8) is 0 Å². The Morgan fingerprint density at radius 2 is 2.10 bits per heavy atom. The molecule has 5 nitrogen and oxygen atoms in total. The Hall–Kier alpha value is -1.21. The molecule has 0 aliphatic heterocycles. The van der Waals surface area contributed by atoms with E-state index in [-0.39, 0.29) is 11.0 Å². The van der Waals surface area contributed by atoms with Crippen molar-refractivity contribution in [2.24, 2.45) is 7.05 Å². The van der Waals surface area contributed by atoms with Crippen LogP contribution in [0.2, 0.25) is 0 Å². The van der Waals surface area contributed by atoms with E-state index < -0.39 is 9.84 Å². The number of hydrogen-bond acceptors (Lipinski definition) is 5. The molecule has 0 aromatic carbocycles. The van der Waals surface area contributed by atoms with Crippen LogP contribution >= 0.6 is 11.3 Å². The first kappa shape index (κ1) is 14.7. The monoisotopic (exact) mass is 325 g/mol. The first-order chi connectivity index (χ1) is 10.0. The quantitative estimate of drug-likeness (QED) is 0.867. The second kappa shape index (κ2) is 5.88. The van der Waals surface area contributed by atoms with Gasteiger partial charge in [-0.05, 0) is 12.8 Å². The largest absolute Gasteiger partial charge is 0.275 e. The Bertz CT molecular complexity index is 712. The third-order valence-corrected chi connectivity index (χ3v) is 7.04. The summed E-state index contributed by atoms with van der Waals surface area (Å²) >= 11 is 1.47. The summed E-state index contributed by atoms with van der Waals surface area (Å²) in [5, 5.41) is 6.62. The van der Waals surface area contributed by atoms with E-state index in [2.05, 4.69) is 10.1 Å². The minimum absolute atomic E-state index is 0.0639. The molecule has 114 valence electrons. The van der Waals surface area contributed by atoms with Crippen LogP contribution < -0.4 is 0 Å². The highest BCUT2D eigenvalue weighted by atomic mass is 32.2. The van der Waals surface area contributed by atoms with Crippen molar-refractivity contribution in [2.75, 3.05) is 0 Å². The van der Waals surface area contributed by atoms with E-state index in [0.717, 1.165) is 42.7 Å². The van der Waals surface area contributed by atoms with Crippen molar-refractivity contribution in [3.05, 3.63) is 23.5 Å². The summed E-state index contributed by atoms with van der Waals surface area (Å²) < 4.78 is 26.6. The lowest BCUT2D eigenvalue weighted by molar-refractivity contribution is 0.483. The average molecular weight is 325 g/mol. The smallest absolute Gasteiger partial charge is 0.158 e. The maximum Gasteiger partial charge on any atom is 0.158 e. The number of aromatic nitrogens is 3. The molecule has 0 radical (unpaired) electrons. The van der Waals surface area contributed by atoms with E-state index >= 15 is 0 Å². The Morgan fingerprint density at radius 3 is 2.76 bits per heavy atom. The number of hydrogen-bond donors (Lipinski definition) is 0. The van der Waals surface area contributed by atoms with Crippen molar-refractivity contribution in [3.8, 4) is 10.6 Å². The number of thiazole rings is 1. The van der Waals surface area contributed by atoms with Gasteiger partial charge in [0.15, 0.2) is 9.84 Å². The lowest BCUT2D eigenvalue weighted by Crippen LogP contribution is -2.25. The van der Waals surface area contributed by atoms with Crippen LogP contribution in [-0.2, 0) is 22.6 Å². The molecule has 2 aromatic heterocycles. The highest BCUT2D eigenvalue weighted by molar-refractivity contribution is 7.91. The molecule has 0 saturated heterocycles. The Balaban J connectivity index is 1.74. The van der Waals surface area contributed by atoms with Gasteiger partial charge >= 0.3 is 0 Å². The predicted molar refractivity (Wildman–Crippen MR) is 83.8 cm³/mol. The summed E-state index contributed by atoms with van der Waals surface area (Å²) in [6.07, 6.45) is 8.47. The summed E-state index contributed by atoms with van der Waals surface area (Å²) in [6, 6.07) is 0. The van der Waals surface area contributed by atoms with Gasteiger partial charge < -0.3 is 0 Å². The zero-order valence-corrected chi connectivity index (χ0v) is 13.7. The number of aryl methyl sites for hydroxylation is 1. The molecular weight excluding hydrogens is 306 g/mol. The normalized spacial score (nSPS) is 17.2. The van der Waals surface area contributed by atoms with Gasteiger partial charge in [-0.25, -0.2) is 13.4 Å². The third kappa shape index (κ3) is 3.35. The molecule has 21 heavy (non-hydrogen) atoms. The van der Waals surface area contributed by atoms with Crippen molar-refractivity contribution in [1.29, 1.82) is 0 Å². The Labute approximate surface area is 128 Å². The van der Waals surface area contributed by atoms with Crippen molar-refractivity contribution < 1.29 is 8.42 Å². The average Bonchev–Trinajstić information content (AvgIpc) is 3.08. The van der Waals surface area contributed by atoms with Crippen LogP contribution in [-0.4, -0.2) is 28.4 Å². The molecule has 1 aliphatic carbocycles. The molecular formula is C14H19N3O2S2. The van der Waals surface area contributed by atoms with Crippen molar-refractivity contribution >= 4 is 21.2 Å². The third-order valence-electron chi connectivity index (χ3n) is 3.91. The van der Waals surface area contributed by atoms with E-state index in [9.17, 15) is 8.42 Å². The molecule has 0 amide bonds. The minimum atomic E-state index is -3.08. The summed E-state index contributed by atoms with van der Waals surface area (Å²) in [4.78, 5) is 4.46. The van der Waals surface area contributed by atoms with Crippen LogP contribution in [0.4, 0.5) is 0 Å². The van der Waals surface area contributed by atoms with Gasteiger partial charge in [0.25, 0.3) is 0 Å². The Morgan fingerprint density at radius 1 is 1.33 bits per heavy atom. The van der Waals surface area contributed by atoms with Gasteiger partial charge in [-0.15, -0.1) is 11.3 Å². The fourth-order valence-electron chi connectivity index (χ4n) is 2.79. The number of nitrogens with zero attached hydrogens (tertiary/aromatic N) is 3. The number of sulfone groups is 1. The van der Waals surface area contributed by atoms with Crippen molar-refractivity contribution in [1.82, 2.24) is 14.8 Å². The van der Waals surface area contributed by atoms with Gasteiger partial charge in [-0.1, -0.05) is 19.3 Å². The molecule has 2 aromatic rings. The number of rotatable bonds is 4. The maximum atomic E-state index is 12.5. The molecule has 0 bridgehead atoms. The molecule has 0 spiro atoms. The lowest BCUT2D eigenvalue weighted by atomic mass is 10.0. The molecule has 7 heteroatoms. The second-order valence-electron chi connectivity index (χ2n) is 5.61. The zero-order valence-electron chi connectivity index (χ0n) is 12.0. The lowest BCUT2D eigenvalue weighted by Gasteiger charge is -2.21. The molecule has 1 aliphatic rings. The first-order valence-corrected chi connectivity index (χ1v) is 9.79. The van der Waals surface area contributed by atoms with Gasteiger partial charge in [-0.3, -0.25) is 4.68 Å². The molecule has 3 rings (SSSR count). The zero-order chi connectivity index (χ0) is 14.9. The maximum absolute atomic E-state index is 12.5. The van der Waals surface area contributed by atoms with Crippen LogP contribution in [0.25, 0.3) is 10.6 Å². The summed E-state index contributed by atoms with van der Waals surface area (Å²) in [6.45, 7) is 0. The molecule has 1 saturated carbocycles. The fourth-order valence-corrected chi connectivity index (χ4v) is 5.53. The SMILES string of the molecule is Cn1cc(-c2nc(CS(=O)(=O)C3CCCCC3)cs2)cn1. The Kier molecular flexibility index (Phi) is 4.12. The minimum Gasteiger partial charge on any atom is -0.275 e. The van der Waals surface area contributed by atoms with Crippen LogP contribution in [0.1, 0.15) is 37.8 Å². The van der Waals surface area contributed by atoms with Crippen LogP contribution in [0.5, 0.6) is 0 Å². The molecule has 2 heterocycles. The summed E-state index contributed by atoms with van der Waals surface area (Å²) in [7, 11) is -1.22. The molecule has 0 unspecified atom stereocenters. The van der Waals surface area contributed by atoms with Gasteiger partial charge in [0.1, 0.15) is 5.01 Å². The van der Waals surface area contributed by atoms with E-state index in [1.54, 1.807) is 10.9 Å². The van der Waals surface area contributed by atoms with Gasteiger partial charge in [0, 0.05) is 24.2 Å². The highest BCUT2D eigenvalue weighted by Gasteiger charge is 2.28. The van der Waals surface area contributed by atoms with Crippen molar-refractivity contribution in [2.45, 2.75) is 43.1 Å².